The average Bonchev–Trinajstić information content (AvgIpc) is 2.57. The number of carbonyl (C=O) groups excluding carboxylic acids is 1. The summed E-state index contributed by atoms with van der Waals surface area (Å²) >= 11 is 6.00. The maximum absolute atomic E-state index is 11.7. The number of carbonyl (C=O) groups is 1. The Morgan fingerprint density at radius 2 is 2.16 bits per heavy atom. The summed E-state index contributed by atoms with van der Waals surface area (Å²) in [5, 5.41) is 8.20. The van der Waals surface area contributed by atoms with Gasteiger partial charge in [0.1, 0.15) is 0 Å². The van der Waals surface area contributed by atoms with Gasteiger partial charge in [-0.1, -0.05) is 11.6 Å². The first-order chi connectivity index (χ1) is 8.65. The van der Waals surface area contributed by atoms with Crippen molar-refractivity contribution in [3.8, 4) is 0 Å². The fraction of sp³-hybridized carbons (Fsp3) is 0.692. The largest absolute Gasteiger partial charge is 0.368 e. The lowest BCUT2D eigenvalue weighted by atomic mass is 9.92. The van der Waals surface area contributed by atoms with Crippen LogP contribution in [0.3, 0.4) is 0 Å². The van der Waals surface area contributed by atoms with E-state index in [0.717, 1.165) is 5.69 Å². The van der Waals surface area contributed by atoms with E-state index in [2.05, 4.69) is 10.4 Å². The summed E-state index contributed by atoms with van der Waals surface area (Å²) in [7, 11) is 0. The summed E-state index contributed by atoms with van der Waals surface area (Å²) in [6.07, 6.45) is 2.33. The van der Waals surface area contributed by atoms with Crippen LogP contribution in [0.25, 0.3) is 0 Å². The van der Waals surface area contributed by atoms with Crippen molar-refractivity contribution in [3.63, 3.8) is 0 Å². The Kier molecular flexibility index (Phi) is 4.98. The smallest absolute Gasteiger partial charge is 0.237 e. The third-order valence-electron chi connectivity index (χ3n) is 3.16. The number of nitrogens with two attached hydrogens (primary N) is 1. The lowest BCUT2D eigenvalue weighted by Crippen LogP contribution is -2.56. The second-order valence-corrected chi connectivity index (χ2v) is 6.00. The van der Waals surface area contributed by atoms with Crippen LogP contribution in [-0.4, -0.2) is 27.3 Å². The first-order valence-corrected chi connectivity index (χ1v) is 6.82. The van der Waals surface area contributed by atoms with Crippen molar-refractivity contribution >= 4 is 17.5 Å². The molecule has 1 heterocycles. The van der Waals surface area contributed by atoms with E-state index in [1.165, 1.54) is 0 Å². The van der Waals surface area contributed by atoms with Crippen molar-refractivity contribution in [1.29, 1.82) is 0 Å². The van der Waals surface area contributed by atoms with E-state index in [9.17, 15) is 4.79 Å². The molecule has 1 rings (SSSR count). The predicted molar refractivity (Wildman–Crippen MR) is 77.2 cm³/mol. The number of primary amides is 1. The average molecular weight is 287 g/mol. The third-order valence-corrected chi connectivity index (χ3v) is 3.53. The minimum Gasteiger partial charge on any atom is -0.368 e. The van der Waals surface area contributed by atoms with Crippen LogP contribution < -0.4 is 11.1 Å². The van der Waals surface area contributed by atoms with Gasteiger partial charge in [0.05, 0.1) is 22.3 Å². The number of aryl methyl sites for hydroxylation is 1. The van der Waals surface area contributed by atoms with Gasteiger partial charge in [0.15, 0.2) is 0 Å². The SMILES string of the molecule is Cc1nn(C(C)CC(C)(NC(C)C)C(N)=O)cc1Cl. The van der Waals surface area contributed by atoms with Gasteiger partial charge in [-0.25, -0.2) is 0 Å². The van der Waals surface area contributed by atoms with Crippen molar-refractivity contribution in [2.24, 2.45) is 5.73 Å². The zero-order valence-electron chi connectivity index (χ0n) is 12.2. The molecule has 0 saturated carbocycles. The number of nitrogens with one attached hydrogen (secondary N) is 1. The molecule has 2 atom stereocenters. The zero-order valence-corrected chi connectivity index (χ0v) is 13.0. The summed E-state index contributed by atoms with van der Waals surface area (Å²) in [5.74, 6) is -0.358. The molecule has 0 aliphatic heterocycles. The second-order valence-electron chi connectivity index (χ2n) is 5.59. The summed E-state index contributed by atoms with van der Waals surface area (Å²) < 4.78 is 1.78. The summed E-state index contributed by atoms with van der Waals surface area (Å²) in [5.41, 5.74) is 5.54. The Balaban J connectivity index is 2.87. The standard InChI is InChI=1S/C13H23ClN4O/c1-8(2)16-13(5,12(15)19)6-9(3)18-7-11(14)10(4)17-18/h7-9,16H,6H2,1-5H3,(H2,15,19). The molecule has 1 amide bonds. The monoisotopic (exact) mass is 286 g/mol. The van der Waals surface area contributed by atoms with E-state index < -0.39 is 5.54 Å². The number of aromatic nitrogens is 2. The number of halogens is 1. The highest BCUT2D eigenvalue weighted by molar-refractivity contribution is 6.31. The van der Waals surface area contributed by atoms with E-state index in [0.29, 0.717) is 11.4 Å². The molecule has 6 heteroatoms. The lowest BCUT2D eigenvalue weighted by molar-refractivity contribution is -0.124. The maximum atomic E-state index is 11.7. The summed E-state index contributed by atoms with van der Waals surface area (Å²) in [6, 6.07) is 0.197. The van der Waals surface area contributed by atoms with Gasteiger partial charge in [0.25, 0.3) is 0 Å². The quantitative estimate of drug-likeness (QED) is 0.840. The topological polar surface area (TPSA) is 72.9 Å². The zero-order chi connectivity index (χ0) is 14.8. The minimum atomic E-state index is -0.764. The van der Waals surface area contributed by atoms with Gasteiger partial charge >= 0.3 is 0 Å². The molecule has 0 aliphatic carbocycles. The molecule has 0 aliphatic rings. The molecule has 0 bridgehead atoms. The number of rotatable bonds is 6. The highest BCUT2D eigenvalue weighted by atomic mass is 35.5. The Labute approximate surface area is 119 Å². The van der Waals surface area contributed by atoms with Crippen LogP contribution in [0.5, 0.6) is 0 Å². The molecule has 0 radical (unpaired) electrons. The van der Waals surface area contributed by atoms with Gasteiger partial charge in [-0.05, 0) is 41.0 Å². The Bertz CT molecular complexity index is 438. The molecule has 108 valence electrons. The van der Waals surface area contributed by atoms with E-state index in [-0.39, 0.29) is 18.0 Å². The van der Waals surface area contributed by atoms with Crippen LogP contribution in [0.4, 0.5) is 0 Å². The van der Waals surface area contributed by atoms with E-state index in [1.54, 1.807) is 10.9 Å². The molecule has 0 fully saturated rings. The van der Waals surface area contributed by atoms with Gasteiger partial charge in [-0.2, -0.15) is 5.10 Å². The molecule has 5 nitrogen and oxygen atoms in total. The number of hydrogen-bond acceptors (Lipinski definition) is 3. The van der Waals surface area contributed by atoms with Gasteiger partial charge < -0.3 is 11.1 Å². The Hall–Kier alpha value is -1.07. The molecule has 3 N–H and O–H groups in total. The van der Waals surface area contributed by atoms with Crippen LogP contribution >= 0.6 is 11.6 Å². The fourth-order valence-electron chi connectivity index (χ4n) is 2.24. The number of hydrogen-bond donors (Lipinski definition) is 2. The molecule has 0 saturated heterocycles. The summed E-state index contributed by atoms with van der Waals surface area (Å²) in [4.78, 5) is 11.7. The lowest BCUT2D eigenvalue weighted by Gasteiger charge is -2.32. The minimum absolute atomic E-state index is 0.0231. The van der Waals surface area contributed by atoms with Crippen molar-refractivity contribution in [3.05, 3.63) is 16.9 Å². The second kappa shape index (κ2) is 5.92. The number of amides is 1. The number of nitrogens with zero attached hydrogens (tertiary/aromatic N) is 2. The summed E-state index contributed by atoms with van der Waals surface area (Å²) in [6.45, 7) is 9.64. The molecule has 1 aromatic heterocycles. The Morgan fingerprint density at radius 3 is 2.53 bits per heavy atom. The van der Waals surface area contributed by atoms with Gasteiger partial charge in [-0.3, -0.25) is 9.48 Å². The predicted octanol–water partition coefficient (Wildman–Crippen LogP) is 2.04. The third kappa shape index (κ3) is 3.94. The maximum Gasteiger partial charge on any atom is 0.237 e. The fourth-order valence-corrected chi connectivity index (χ4v) is 2.38. The first-order valence-electron chi connectivity index (χ1n) is 6.44. The van der Waals surface area contributed by atoms with E-state index >= 15 is 0 Å². The molecular formula is C13H23ClN4O. The van der Waals surface area contributed by atoms with Crippen LogP contribution in [0, 0.1) is 6.92 Å². The van der Waals surface area contributed by atoms with E-state index in [1.807, 2.05) is 34.6 Å². The van der Waals surface area contributed by atoms with Gasteiger partial charge in [0.2, 0.25) is 5.91 Å². The molecule has 19 heavy (non-hydrogen) atoms. The van der Waals surface area contributed by atoms with Crippen molar-refractivity contribution in [2.45, 2.75) is 58.7 Å². The van der Waals surface area contributed by atoms with Crippen molar-refractivity contribution < 1.29 is 4.79 Å². The van der Waals surface area contributed by atoms with Crippen LogP contribution in [-0.2, 0) is 4.79 Å². The molecule has 2 unspecified atom stereocenters. The van der Waals surface area contributed by atoms with Crippen molar-refractivity contribution in [1.82, 2.24) is 15.1 Å². The highest BCUT2D eigenvalue weighted by Gasteiger charge is 2.33. The first kappa shape index (κ1) is 16.0. The van der Waals surface area contributed by atoms with Crippen LogP contribution in [0.1, 0.15) is 45.9 Å². The molecule has 0 spiro atoms. The highest BCUT2D eigenvalue weighted by Crippen LogP contribution is 2.23. The Morgan fingerprint density at radius 1 is 1.58 bits per heavy atom. The van der Waals surface area contributed by atoms with Gasteiger partial charge in [0, 0.05) is 12.2 Å². The molecule has 0 aromatic carbocycles. The van der Waals surface area contributed by atoms with Gasteiger partial charge in [-0.15, -0.1) is 0 Å². The van der Waals surface area contributed by atoms with Crippen molar-refractivity contribution in [2.75, 3.05) is 0 Å². The van der Waals surface area contributed by atoms with Crippen LogP contribution in [0.15, 0.2) is 6.20 Å². The van der Waals surface area contributed by atoms with Crippen LogP contribution in [0.2, 0.25) is 5.02 Å². The van der Waals surface area contributed by atoms with E-state index in [4.69, 9.17) is 17.3 Å². The molecule has 1 aromatic rings. The molecular weight excluding hydrogens is 264 g/mol. The normalized spacial score (nSPS) is 16.4.